The lowest BCUT2D eigenvalue weighted by molar-refractivity contribution is -0.134. The zero-order chi connectivity index (χ0) is 15.5. The Hall–Kier alpha value is -1.79. The standard InChI is InChI=1S/C16H21N3O3.ClH/c20-14-6-2-1-4-12(14)15(21)18-8-10-19(11-9-18)16(22)13-5-3-7-17-13;/h1-2,4,6,13,17,20H,3,5,7-11H2;1H. The number of nitrogens with one attached hydrogen (secondary N) is 1. The summed E-state index contributed by atoms with van der Waals surface area (Å²) in [5, 5.41) is 13.0. The number of hydrogen-bond acceptors (Lipinski definition) is 4. The zero-order valence-corrected chi connectivity index (χ0v) is 13.7. The van der Waals surface area contributed by atoms with Gasteiger partial charge >= 0.3 is 0 Å². The van der Waals surface area contributed by atoms with Gasteiger partial charge in [0.25, 0.3) is 5.91 Å². The molecule has 2 aliphatic heterocycles. The second kappa shape index (κ2) is 7.66. The lowest BCUT2D eigenvalue weighted by atomic mass is 10.1. The quantitative estimate of drug-likeness (QED) is 0.838. The monoisotopic (exact) mass is 339 g/mol. The molecule has 2 saturated heterocycles. The van der Waals surface area contributed by atoms with Gasteiger partial charge in [-0.3, -0.25) is 9.59 Å². The van der Waals surface area contributed by atoms with Gasteiger partial charge < -0.3 is 20.2 Å². The van der Waals surface area contributed by atoms with E-state index in [9.17, 15) is 14.7 Å². The molecule has 7 heteroatoms. The highest BCUT2D eigenvalue weighted by atomic mass is 35.5. The maximum absolute atomic E-state index is 12.4. The molecule has 0 aromatic heterocycles. The molecule has 2 amide bonds. The van der Waals surface area contributed by atoms with Crippen LogP contribution < -0.4 is 5.32 Å². The van der Waals surface area contributed by atoms with Gasteiger partial charge in [-0.05, 0) is 31.5 Å². The lowest BCUT2D eigenvalue weighted by Crippen LogP contribution is -2.54. The van der Waals surface area contributed by atoms with Gasteiger partial charge in [0.1, 0.15) is 5.75 Å². The van der Waals surface area contributed by atoms with E-state index < -0.39 is 0 Å². The number of phenols is 1. The van der Waals surface area contributed by atoms with Crippen molar-refractivity contribution in [2.45, 2.75) is 18.9 Å². The Labute approximate surface area is 141 Å². The van der Waals surface area contributed by atoms with Gasteiger partial charge in [-0.1, -0.05) is 12.1 Å². The third-order valence-electron chi connectivity index (χ3n) is 4.37. The number of hydrogen-bond donors (Lipinski definition) is 2. The summed E-state index contributed by atoms with van der Waals surface area (Å²) in [5.74, 6) is -0.0301. The SMILES string of the molecule is Cl.O=C(c1ccccc1O)N1CCN(C(=O)C2CCCN2)CC1. The van der Waals surface area contributed by atoms with Crippen molar-refractivity contribution < 1.29 is 14.7 Å². The zero-order valence-electron chi connectivity index (χ0n) is 12.9. The number of halogens is 1. The Kier molecular flexibility index (Phi) is 5.85. The minimum atomic E-state index is -0.177. The van der Waals surface area contributed by atoms with Crippen LogP contribution in [0.25, 0.3) is 0 Å². The summed E-state index contributed by atoms with van der Waals surface area (Å²) in [6.45, 7) is 3.02. The number of carbonyl (C=O) groups is 2. The summed E-state index contributed by atoms with van der Waals surface area (Å²) in [6.07, 6.45) is 1.94. The first-order chi connectivity index (χ1) is 10.7. The number of nitrogens with zero attached hydrogens (tertiary/aromatic N) is 2. The van der Waals surface area contributed by atoms with Crippen molar-refractivity contribution in [1.82, 2.24) is 15.1 Å². The van der Waals surface area contributed by atoms with Crippen LogP contribution in [0.2, 0.25) is 0 Å². The van der Waals surface area contributed by atoms with Crippen molar-refractivity contribution in [1.29, 1.82) is 0 Å². The molecular formula is C16H22ClN3O3. The minimum absolute atomic E-state index is 0. The fourth-order valence-corrected chi connectivity index (χ4v) is 3.07. The van der Waals surface area contributed by atoms with E-state index in [-0.39, 0.29) is 36.0 Å². The molecule has 2 fully saturated rings. The largest absolute Gasteiger partial charge is 0.507 e. The van der Waals surface area contributed by atoms with E-state index in [2.05, 4.69) is 5.32 Å². The fraction of sp³-hybridized carbons (Fsp3) is 0.500. The second-order valence-corrected chi connectivity index (χ2v) is 5.78. The molecule has 0 aliphatic carbocycles. The molecule has 1 atom stereocenters. The van der Waals surface area contributed by atoms with Gasteiger partial charge in [0.05, 0.1) is 11.6 Å². The predicted octanol–water partition coefficient (Wildman–Crippen LogP) is 0.850. The summed E-state index contributed by atoms with van der Waals surface area (Å²) in [7, 11) is 0. The molecule has 1 aromatic carbocycles. The van der Waals surface area contributed by atoms with Gasteiger partial charge in [0, 0.05) is 26.2 Å². The summed E-state index contributed by atoms with van der Waals surface area (Å²) in [4.78, 5) is 28.3. The van der Waals surface area contributed by atoms with E-state index in [1.807, 2.05) is 4.90 Å². The van der Waals surface area contributed by atoms with Crippen LogP contribution in [0.15, 0.2) is 24.3 Å². The molecule has 126 valence electrons. The molecule has 6 nitrogen and oxygen atoms in total. The molecular weight excluding hydrogens is 318 g/mol. The highest BCUT2D eigenvalue weighted by Gasteiger charge is 2.30. The molecule has 0 bridgehead atoms. The van der Waals surface area contributed by atoms with Gasteiger partial charge in [-0.15, -0.1) is 12.4 Å². The molecule has 0 saturated carbocycles. The van der Waals surface area contributed by atoms with Crippen molar-refractivity contribution in [2.75, 3.05) is 32.7 Å². The second-order valence-electron chi connectivity index (χ2n) is 5.78. The van der Waals surface area contributed by atoms with Crippen molar-refractivity contribution in [3.05, 3.63) is 29.8 Å². The molecule has 23 heavy (non-hydrogen) atoms. The number of benzene rings is 1. The third kappa shape index (κ3) is 3.76. The Morgan fingerprint density at radius 2 is 1.74 bits per heavy atom. The predicted molar refractivity (Wildman–Crippen MR) is 88.9 cm³/mol. The van der Waals surface area contributed by atoms with Crippen molar-refractivity contribution in [2.24, 2.45) is 0 Å². The van der Waals surface area contributed by atoms with Crippen LogP contribution in [0.1, 0.15) is 23.2 Å². The first-order valence-electron chi connectivity index (χ1n) is 7.76. The van der Waals surface area contributed by atoms with Crippen LogP contribution >= 0.6 is 12.4 Å². The first kappa shape index (κ1) is 17.6. The summed E-state index contributed by atoms with van der Waals surface area (Å²) in [5.41, 5.74) is 0.319. The molecule has 2 aliphatic rings. The molecule has 3 rings (SSSR count). The van der Waals surface area contributed by atoms with Crippen LogP contribution in [0, 0.1) is 0 Å². The summed E-state index contributed by atoms with van der Waals surface area (Å²) >= 11 is 0. The fourth-order valence-electron chi connectivity index (χ4n) is 3.07. The molecule has 2 heterocycles. The Morgan fingerprint density at radius 1 is 1.09 bits per heavy atom. The summed E-state index contributed by atoms with van der Waals surface area (Å²) < 4.78 is 0. The van der Waals surface area contributed by atoms with Crippen molar-refractivity contribution >= 4 is 24.2 Å². The first-order valence-corrected chi connectivity index (χ1v) is 7.76. The Balaban J connectivity index is 0.00000192. The maximum atomic E-state index is 12.4. The van der Waals surface area contributed by atoms with Crippen LogP contribution in [0.4, 0.5) is 0 Å². The highest BCUT2D eigenvalue weighted by Crippen LogP contribution is 2.19. The van der Waals surface area contributed by atoms with E-state index >= 15 is 0 Å². The molecule has 0 radical (unpaired) electrons. The Morgan fingerprint density at radius 3 is 2.35 bits per heavy atom. The average molecular weight is 340 g/mol. The number of phenolic OH excluding ortho intramolecular Hbond substituents is 1. The molecule has 1 unspecified atom stereocenters. The van der Waals surface area contributed by atoms with Gasteiger partial charge in [-0.2, -0.15) is 0 Å². The van der Waals surface area contributed by atoms with Crippen LogP contribution in [-0.4, -0.2) is 65.5 Å². The number of piperazine rings is 1. The Bertz CT molecular complexity index is 567. The van der Waals surface area contributed by atoms with Crippen molar-refractivity contribution in [3.63, 3.8) is 0 Å². The normalized spacial score (nSPS) is 21.0. The topological polar surface area (TPSA) is 72.9 Å². The maximum Gasteiger partial charge on any atom is 0.257 e. The highest BCUT2D eigenvalue weighted by molar-refractivity contribution is 5.97. The van der Waals surface area contributed by atoms with Gasteiger partial charge in [-0.25, -0.2) is 0 Å². The smallest absolute Gasteiger partial charge is 0.257 e. The number of aromatic hydroxyl groups is 1. The number of para-hydroxylation sites is 1. The molecule has 2 N–H and O–H groups in total. The van der Waals surface area contributed by atoms with Gasteiger partial charge in [0.2, 0.25) is 5.91 Å². The van der Waals surface area contributed by atoms with Crippen LogP contribution in [0.3, 0.4) is 0 Å². The molecule has 0 spiro atoms. The number of rotatable bonds is 2. The van der Waals surface area contributed by atoms with E-state index in [1.54, 1.807) is 23.1 Å². The van der Waals surface area contributed by atoms with Crippen LogP contribution in [-0.2, 0) is 4.79 Å². The number of carbonyl (C=O) groups excluding carboxylic acids is 2. The number of amides is 2. The minimum Gasteiger partial charge on any atom is -0.507 e. The van der Waals surface area contributed by atoms with E-state index in [0.717, 1.165) is 19.4 Å². The van der Waals surface area contributed by atoms with Crippen LogP contribution in [0.5, 0.6) is 5.75 Å². The molecule has 1 aromatic rings. The lowest BCUT2D eigenvalue weighted by Gasteiger charge is -2.36. The van der Waals surface area contributed by atoms with Crippen molar-refractivity contribution in [3.8, 4) is 5.75 Å². The average Bonchev–Trinajstić information content (AvgIpc) is 3.09. The summed E-state index contributed by atoms with van der Waals surface area (Å²) in [6, 6.07) is 6.51. The van der Waals surface area contributed by atoms with Gasteiger partial charge in [0.15, 0.2) is 0 Å². The van der Waals surface area contributed by atoms with E-state index in [4.69, 9.17) is 0 Å². The van der Waals surface area contributed by atoms with E-state index in [1.165, 1.54) is 6.07 Å². The van der Waals surface area contributed by atoms with E-state index in [0.29, 0.717) is 31.7 Å². The third-order valence-corrected chi connectivity index (χ3v) is 4.37.